The third kappa shape index (κ3) is 2.95. The van der Waals surface area contributed by atoms with Gasteiger partial charge in [-0.15, -0.1) is 0 Å². The number of esters is 1. The molecule has 1 aliphatic rings. The third-order valence-electron chi connectivity index (χ3n) is 3.23. The fraction of sp³-hybridized carbons (Fsp3) is 0.909. The normalized spacial score (nSPS) is 42.2. The zero-order valence-corrected chi connectivity index (χ0v) is 10.5. The van der Waals surface area contributed by atoms with Gasteiger partial charge in [0.25, 0.3) is 0 Å². The summed E-state index contributed by atoms with van der Waals surface area (Å²) in [5.41, 5.74) is -1.35. The quantitative estimate of drug-likeness (QED) is 0.665. The Hall–Kier alpha value is -0.690. The summed E-state index contributed by atoms with van der Waals surface area (Å²) in [5, 5.41) is 19.9. The van der Waals surface area contributed by atoms with Crippen molar-refractivity contribution in [3.63, 3.8) is 0 Å². The Bertz CT molecular complexity index is 277. The summed E-state index contributed by atoms with van der Waals surface area (Å²) >= 11 is 0. The molecule has 0 aromatic rings. The van der Waals surface area contributed by atoms with Gasteiger partial charge in [-0.25, -0.2) is 4.79 Å². The molecule has 0 saturated carbocycles. The first-order valence-corrected chi connectivity index (χ1v) is 5.55. The van der Waals surface area contributed by atoms with E-state index >= 15 is 0 Å². The molecule has 1 fully saturated rings. The van der Waals surface area contributed by atoms with Gasteiger partial charge >= 0.3 is 5.97 Å². The van der Waals surface area contributed by atoms with Gasteiger partial charge < -0.3 is 24.4 Å². The van der Waals surface area contributed by atoms with Crippen molar-refractivity contribution >= 4 is 5.97 Å². The highest BCUT2D eigenvalue weighted by Crippen LogP contribution is 2.35. The van der Waals surface area contributed by atoms with Crippen molar-refractivity contribution in [3.8, 4) is 0 Å². The van der Waals surface area contributed by atoms with E-state index < -0.39 is 36.0 Å². The molecular weight excluding hydrogens is 228 g/mol. The largest absolute Gasteiger partial charge is 0.455 e. The Morgan fingerprint density at radius 3 is 2.59 bits per heavy atom. The van der Waals surface area contributed by atoms with Crippen molar-refractivity contribution in [3.05, 3.63) is 0 Å². The minimum Gasteiger partial charge on any atom is -0.455 e. The maximum Gasteiger partial charge on any atom is 0.332 e. The Labute approximate surface area is 100 Å². The van der Waals surface area contributed by atoms with Crippen LogP contribution in [0.3, 0.4) is 0 Å². The van der Waals surface area contributed by atoms with Gasteiger partial charge in [-0.05, 0) is 13.8 Å². The number of hydrogen-bond donors (Lipinski definition) is 2. The standard InChI is InChI=1S/C11H20O6/c1-6-10(13)16-7(2)9(11(6,3)14)17-8(12)5-15-4/h6-7,9-10,13-14H,5H2,1-4H3/t6-,7-,9+,10+,11-/m1/s1. The first-order valence-electron chi connectivity index (χ1n) is 5.55. The van der Waals surface area contributed by atoms with E-state index in [1.165, 1.54) is 14.0 Å². The van der Waals surface area contributed by atoms with Crippen LogP contribution in [-0.2, 0) is 19.0 Å². The first-order chi connectivity index (χ1) is 7.80. The molecule has 1 aliphatic heterocycles. The van der Waals surface area contributed by atoms with Gasteiger partial charge in [-0.1, -0.05) is 6.92 Å². The van der Waals surface area contributed by atoms with E-state index in [0.29, 0.717) is 0 Å². The SMILES string of the molecule is COCC(=O)O[C@H]1[C@@H](C)O[C@H](O)[C@@H](C)[C@@]1(C)O. The Morgan fingerprint density at radius 2 is 2.06 bits per heavy atom. The van der Waals surface area contributed by atoms with E-state index in [1.54, 1.807) is 13.8 Å². The summed E-state index contributed by atoms with van der Waals surface area (Å²) in [7, 11) is 1.38. The molecule has 1 rings (SSSR count). The Kier molecular flexibility index (Phi) is 4.48. The second kappa shape index (κ2) is 5.30. The van der Waals surface area contributed by atoms with Crippen LogP contribution in [0.2, 0.25) is 0 Å². The molecule has 6 nitrogen and oxygen atoms in total. The highest BCUT2D eigenvalue weighted by atomic mass is 16.6. The van der Waals surface area contributed by atoms with Crippen molar-refractivity contribution in [2.24, 2.45) is 5.92 Å². The monoisotopic (exact) mass is 248 g/mol. The number of rotatable bonds is 3. The van der Waals surface area contributed by atoms with Crippen LogP contribution >= 0.6 is 0 Å². The zero-order chi connectivity index (χ0) is 13.2. The lowest BCUT2D eigenvalue weighted by atomic mass is 9.80. The van der Waals surface area contributed by atoms with E-state index in [9.17, 15) is 15.0 Å². The Balaban J connectivity index is 2.77. The summed E-state index contributed by atoms with van der Waals surface area (Å²) in [6.07, 6.45) is -2.49. The molecule has 0 radical (unpaired) electrons. The summed E-state index contributed by atoms with van der Waals surface area (Å²) in [5.74, 6) is -1.13. The van der Waals surface area contributed by atoms with Gasteiger partial charge in [0.2, 0.25) is 0 Å². The molecule has 0 unspecified atom stereocenters. The van der Waals surface area contributed by atoms with E-state index in [1.807, 2.05) is 0 Å². The van der Waals surface area contributed by atoms with E-state index in [0.717, 1.165) is 0 Å². The maximum atomic E-state index is 11.4. The van der Waals surface area contributed by atoms with Crippen LogP contribution in [0.25, 0.3) is 0 Å². The van der Waals surface area contributed by atoms with E-state index in [-0.39, 0.29) is 6.61 Å². The minimum absolute atomic E-state index is 0.184. The molecular formula is C11H20O6. The van der Waals surface area contributed by atoms with Crippen LogP contribution in [0.4, 0.5) is 0 Å². The predicted octanol–water partition coefficient (Wildman–Crippen LogP) is -0.331. The molecule has 0 amide bonds. The van der Waals surface area contributed by atoms with Crippen molar-refractivity contribution in [1.29, 1.82) is 0 Å². The van der Waals surface area contributed by atoms with Crippen LogP contribution in [0.5, 0.6) is 0 Å². The molecule has 0 aliphatic carbocycles. The van der Waals surface area contributed by atoms with Gasteiger partial charge in [0.05, 0.1) is 6.10 Å². The Morgan fingerprint density at radius 1 is 1.47 bits per heavy atom. The number of carbonyl (C=O) groups is 1. The fourth-order valence-electron chi connectivity index (χ4n) is 1.94. The van der Waals surface area contributed by atoms with E-state index in [2.05, 4.69) is 4.74 Å². The maximum absolute atomic E-state index is 11.4. The molecule has 0 spiro atoms. The molecule has 100 valence electrons. The molecule has 0 bridgehead atoms. The van der Waals surface area contributed by atoms with Gasteiger partial charge in [0.1, 0.15) is 12.2 Å². The average Bonchev–Trinajstić information content (AvgIpc) is 2.22. The highest BCUT2D eigenvalue weighted by molar-refractivity contribution is 5.71. The number of carbonyl (C=O) groups excluding carboxylic acids is 1. The summed E-state index contributed by atoms with van der Waals surface area (Å²) in [6, 6.07) is 0. The zero-order valence-electron chi connectivity index (χ0n) is 10.5. The molecule has 0 aromatic heterocycles. The first kappa shape index (κ1) is 14.4. The highest BCUT2D eigenvalue weighted by Gasteiger charge is 2.51. The molecule has 17 heavy (non-hydrogen) atoms. The van der Waals surface area contributed by atoms with Gasteiger partial charge in [-0.2, -0.15) is 0 Å². The van der Waals surface area contributed by atoms with Gasteiger partial charge in [0, 0.05) is 13.0 Å². The number of methoxy groups -OCH3 is 1. The van der Waals surface area contributed by atoms with Gasteiger partial charge in [0.15, 0.2) is 12.4 Å². The smallest absolute Gasteiger partial charge is 0.332 e. The van der Waals surface area contributed by atoms with Crippen LogP contribution in [-0.4, -0.2) is 54.0 Å². The van der Waals surface area contributed by atoms with Crippen LogP contribution in [0.15, 0.2) is 0 Å². The van der Waals surface area contributed by atoms with Crippen molar-refractivity contribution < 1.29 is 29.2 Å². The second-order valence-electron chi connectivity index (χ2n) is 4.59. The topological polar surface area (TPSA) is 85.2 Å². The van der Waals surface area contributed by atoms with Gasteiger partial charge in [-0.3, -0.25) is 0 Å². The number of hydrogen-bond acceptors (Lipinski definition) is 6. The second-order valence-corrected chi connectivity index (χ2v) is 4.59. The fourth-order valence-corrected chi connectivity index (χ4v) is 1.94. The molecule has 2 N–H and O–H groups in total. The summed E-state index contributed by atoms with van der Waals surface area (Å²) in [6.45, 7) is 4.60. The summed E-state index contributed by atoms with van der Waals surface area (Å²) < 4.78 is 15.0. The lowest BCUT2D eigenvalue weighted by Gasteiger charge is -2.46. The molecule has 6 heteroatoms. The number of ether oxygens (including phenoxy) is 3. The molecule has 1 heterocycles. The van der Waals surface area contributed by atoms with Crippen LogP contribution in [0.1, 0.15) is 20.8 Å². The minimum atomic E-state index is -1.35. The van der Waals surface area contributed by atoms with Crippen LogP contribution in [0, 0.1) is 5.92 Å². The van der Waals surface area contributed by atoms with Crippen LogP contribution < -0.4 is 0 Å². The lowest BCUT2D eigenvalue weighted by Crippen LogP contribution is -2.61. The summed E-state index contributed by atoms with van der Waals surface area (Å²) in [4.78, 5) is 11.4. The molecule has 1 saturated heterocycles. The molecule has 5 atom stereocenters. The van der Waals surface area contributed by atoms with E-state index in [4.69, 9.17) is 9.47 Å². The van der Waals surface area contributed by atoms with Crippen molar-refractivity contribution in [1.82, 2.24) is 0 Å². The predicted molar refractivity (Wildman–Crippen MR) is 58.1 cm³/mol. The average molecular weight is 248 g/mol. The number of aliphatic hydroxyl groups is 2. The third-order valence-corrected chi connectivity index (χ3v) is 3.23. The number of aliphatic hydroxyl groups excluding tert-OH is 1. The van der Waals surface area contributed by atoms with Crippen molar-refractivity contribution in [2.75, 3.05) is 13.7 Å². The molecule has 0 aromatic carbocycles. The van der Waals surface area contributed by atoms with Crippen molar-refractivity contribution in [2.45, 2.75) is 44.9 Å². The lowest BCUT2D eigenvalue weighted by molar-refractivity contribution is -0.291.